The maximum atomic E-state index is 12.1. The van der Waals surface area contributed by atoms with Crippen molar-refractivity contribution in [3.05, 3.63) is 42.1 Å². The highest BCUT2D eigenvalue weighted by Gasteiger charge is 2.20. The van der Waals surface area contributed by atoms with Crippen LogP contribution in [-0.2, 0) is 0 Å². The van der Waals surface area contributed by atoms with Crippen molar-refractivity contribution in [2.75, 3.05) is 5.32 Å². The van der Waals surface area contributed by atoms with Crippen LogP contribution in [0.15, 0.2) is 30.7 Å². The third-order valence-electron chi connectivity index (χ3n) is 2.68. The Bertz CT molecular complexity index is 844. The van der Waals surface area contributed by atoms with E-state index in [1.165, 1.54) is 12.4 Å². The summed E-state index contributed by atoms with van der Waals surface area (Å²) in [5.41, 5.74) is -0.265. The molecule has 0 radical (unpaired) electrons. The van der Waals surface area contributed by atoms with Gasteiger partial charge in [0.15, 0.2) is 17.0 Å². The number of rotatable bonds is 3. The van der Waals surface area contributed by atoms with Crippen LogP contribution in [0.1, 0.15) is 21.0 Å². The highest BCUT2D eigenvalue weighted by molar-refractivity contribution is 6.10. The molecule has 3 aromatic heterocycles. The highest BCUT2D eigenvalue weighted by atomic mass is 16.4. The van der Waals surface area contributed by atoms with Crippen LogP contribution in [0.5, 0.6) is 0 Å². The molecule has 0 aromatic carbocycles. The molecule has 1 amide bonds. The number of carbonyl (C=O) groups excluding carboxylic acids is 1. The predicted octanol–water partition coefficient (Wildman–Crippen LogP) is 0.698. The Morgan fingerprint density at radius 1 is 1.10 bits per heavy atom. The Balaban J connectivity index is 1.95. The fourth-order valence-electron chi connectivity index (χ4n) is 1.78. The van der Waals surface area contributed by atoms with Crippen LogP contribution < -0.4 is 5.32 Å². The number of aromatic nitrogens is 5. The molecule has 9 nitrogen and oxygen atoms in total. The number of carboxylic acid groups (broad SMARTS) is 1. The molecular weight excluding hydrogens is 276 g/mol. The molecule has 0 unspecified atom stereocenters. The number of nitrogens with zero attached hydrogens (tertiary/aromatic N) is 4. The molecule has 0 aliphatic carbocycles. The molecule has 0 atom stereocenters. The first-order valence-corrected chi connectivity index (χ1v) is 5.81. The number of nitrogens with one attached hydrogen (secondary N) is 2. The lowest BCUT2D eigenvalue weighted by molar-refractivity contribution is 0.0685. The smallest absolute Gasteiger partial charge is 0.356 e. The molecule has 0 saturated heterocycles. The monoisotopic (exact) mass is 284 g/mol. The van der Waals surface area contributed by atoms with Crippen LogP contribution in [0.4, 0.5) is 5.82 Å². The number of fused-ring (bicyclic) bond motifs is 1. The first-order chi connectivity index (χ1) is 10.2. The number of H-pyrrole nitrogens is 1. The summed E-state index contributed by atoms with van der Waals surface area (Å²) in [7, 11) is 0. The second-order valence-corrected chi connectivity index (χ2v) is 3.99. The van der Waals surface area contributed by atoms with Crippen molar-refractivity contribution in [3.63, 3.8) is 0 Å². The van der Waals surface area contributed by atoms with Gasteiger partial charge in [0.2, 0.25) is 0 Å². The van der Waals surface area contributed by atoms with E-state index in [0.717, 1.165) is 0 Å². The predicted molar refractivity (Wildman–Crippen MR) is 70.8 cm³/mol. The van der Waals surface area contributed by atoms with Gasteiger partial charge in [0.1, 0.15) is 5.82 Å². The third kappa shape index (κ3) is 2.27. The van der Waals surface area contributed by atoms with Gasteiger partial charge in [-0.25, -0.2) is 19.7 Å². The number of anilines is 1. The van der Waals surface area contributed by atoms with Gasteiger partial charge < -0.3 is 10.4 Å². The van der Waals surface area contributed by atoms with Gasteiger partial charge >= 0.3 is 5.97 Å². The molecular formula is C12H8N6O3. The summed E-state index contributed by atoms with van der Waals surface area (Å²) in [4.78, 5) is 34.6. The number of hydrogen-bond donors (Lipinski definition) is 3. The van der Waals surface area contributed by atoms with Crippen molar-refractivity contribution in [2.24, 2.45) is 0 Å². The van der Waals surface area contributed by atoms with E-state index in [1.54, 1.807) is 18.3 Å². The minimum atomic E-state index is -1.33. The van der Waals surface area contributed by atoms with Crippen LogP contribution in [0.3, 0.4) is 0 Å². The van der Waals surface area contributed by atoms with Gasteiger partial charge in [-0.1, -0.05) is 0 Å². The number of carboxylic acids is 1. The van der Waals surface area contributed by atoms with Crippen LogP contribution in [0.2, 0.25) is 0 Å². The number of aromatic carboxylic acids is 1. The van der Waals surface area contributed by atoms with Gasteiger partial charge in [0, 0.05) is 18.6 Å². The van der Waals surface area contributed by atoms with Gasteiger partial charge in [-0.3, -0.25) is 9.89 Å². The Morgan fingerprint density at radius 3 is 2.62 bits per heavy atom. The molecule has 0 aliphatic heterocycles. The molecule has 3 heterocycles. The minimum Gasteiger partial charge on any atom is -0.476 e. The number of carbonyl (C=O) groups is 2. The van der Waals surface area contributed by atoms with E-state index in [0.29, 0.717) is 16.9 Å². The quantitative estimate of drug-likeness (QED) is 0.644. The van der Waals surface area contributed by atoms with E-state index in [1.807, 2.05) is 0 Å². The Hall–Kier alpha value is -3.36. The lowest BCUT2D eigenvalue weighted by Crippen LogP contribution is -2.19. The van der Waals surface area contributed by atoms with Gasteiger partial charge in [0.05, 0.1) is 5.39 Å². The minimum absolute atomic E-state index is 0.281. The Kier molecular flexibility index (Phi) is 2.99. The molecule has 3 aromatic rings. The summed E-state index contributed by atoms with van der Waals surface area (Å²) in [6.45, 7) is 0. The number of amides is 1. The van der Waals surface area contributed by atoms with Gasteiger partial charge in [-0.15, -0.1) is 0 Å². The molecule has 104 valence electrons. The zero-order valence-corrected chi connectivity index (χ0v) is 10.4. The van der Waals surface area contributed by atoms with Crippen molar-refractivity contribution < 1.29 is 14.7 Å². The lowest BCUT2D eigenvalue weighted by atomic mass is 10.2. The fraction of sp³-hybridized carbons (Fsp3) is 0. The fourth-order valence-corrected chi connectivity index (χ4v) is 1.78. The molecule has 9 heteroatoms. The first-order valence-electron chi connectivity index (χ1n) is 5.81. The maximum absolute atomic E-state index is 12.1. The summed E-state index contributed by atoms with van der Waals surface area (Å²) >= 11 is 0. The van der Waals surface area contributed by atoms with E-state index >= 15 is 0 Å². The van der Waals surface area contributed by atoms with Crippen molar-refractivity contribution in [1.29, 1.82) is 0 Å². The molecule has 3 N–H and O–H groups in total. The van der Waals surface area contributed by atoms with Crippen LogP contribution in [0, 0.1) is 0 Å². The largest absolute Gasteiger partial charge is 0.476 e. The lowest BCUT2D eigenvalue weighted by Gasteiger charge is -2.04. The molecule has 0 aliphatic rings. The van der Waals surface area contributed by atoms with Gasteiger partial charge in [-0.05, 0) is 12.1 Å². The van der Waals surface area contributed by atoms with Crippen LogP contribution in [-0.4, -0.2) is 42.1 Å². The number of pyridine rings is 1. The molecule has 0 spiro atoms. The second-order valence-electron chi connectivity index (χ2n) is 3.99. The number of hydrogen-bond acceptors (Lipinski definition) is 6. The average Bonchev–Trinajstić information content (AvgIpc) is 2.90. The Morgan fingerprint density at radius 2 is 1.86 bits per heavy atom. The van der Waals surface area contributed by atoms with Crippen LogP contribution in [0.25, 0.3) is 11.0 Å². The molecule has 0 bridgehead atoms. The Labute approximate surface area is 117 Å². The van der Waals surface area contributed by atoms with Gasteiger partial charge in [0.25, 0.3) is 5.91 Å². The maximum Gasteiger partial charge on any atom is 0.356 e. The van der Waals surface area contributed by atoms with Crippen molar-refractivity contribution >= 4 is 28.7 Å². The first kappa shape index (κ1) is 12.7. The van der Waals surface area contributed by atoms with Crippen molar-refractivity contribution in [1.82, 2.24) is 25.1 Å². The summed E-state index contributed by atoms with van der Waals surface area (Å²) in [6, 6.07) is 3.41. The van der Waals surface area contributed by atoms with E-state index in [4.69, 9.17) is 5.11 Å². The van der Waals surface area contributed by atoms with E-state index in [9.17, 15) is 9.59 Å². The SMILES string of the molecule is O=C(O)c1nccnc1C(=O)Nc1[nH]nc2ncccc12. The van der Waals surface area contributed by atoms with Crippen molar-refractivity contribution in [2.45, 2.75) is 0 Å². The normalized spacial score (nSPS) is 10.5. The van der Waals surface area contributed by atoms with E-state index in [2.05, 4.69) is 30.5 Å². The van der Waals surface area contributed by atoms with Gasteiger partial charge in [-0.2, -0.15) is 5.10 Å². The summed E-state index contributed by atoms with van der Waals surface area (Å²) < 4.78 is 0. The molecule has 3 rings (SSSR count). The van der Waals surface area contributed by atoms with Crippen molar-refractivity contribution in [3.8, 4) is 0 Å². The summed E-state index contributed by atoms with van der Waals surface area (Å²) in [5, 5.41) is 18.7. The molecule has 21 heavy (non-hydrogen) atoms. The average molecular weight is 284 g/mol. The molecule has 0 fully saturated rings. The topological polar surface area (TPSA) is 134 Å². The summed E-state index contributed by atoms with van der Waals surface area (Å²) in [5.74, 6) is -1.72. The second kappa shape index (κ2) is 4.96. The summed E-state index contributed by atoms with van der Waals surface area (Å²) in [6.07, 6.45) is 4.02. The number of aromatic amines is 1. The van der Waals surface area contributed by atoms with E-state index in [-0.39, 0.29) is 5.69 Å². The van der Waals surface area contributed by atoms with Crippen LogP contribution >= 0.6 is 0 Å². The zero-order valence-electron chi connectivity index (χ0n) is 10.4. The zero-order chi connectivity index (χ0) is 14.8. The van der Waals surface area contributed by atoms with E-state index < -0.39 is 17.6 Å². The third-order valence-corrected chi connectivity index (χ3v) is 2.68. The molecule has 0 saturated carbocycles. The highest BCUT2D eigenvalue weighted by Crippen LogP contribution is 2.18. The standard InChI is InChI=1S/C12H8N6O3/c19-11(7-8(12(20)21)14-5-4-13-7)16-10-6-2-1-3-15-9(6)17-18-10/h1-5H,(H,20,21)(H2,15,16,17,18,19).